The number of rotatable bonds is 5. The van der Waals surface area contributed by atoms with E-state index in [0.29, 0.717) is 0 Å². The number of nitrogens with zero attached hydrogens (tertiary/aromatic N) is 1. The Balaban J connectivity index is 2.43. The van der Waals surface area contributed by atoms with Gasteiger partial charge in [0, 0.05) is 12.1 Å². The highest BCUT2D eigenvalue weighted by atomic mass is 31.2. The molecule has 0 aliphatic carbocycles. The zero-order valence-electron chi connectivity index (χ0n) is 16.3. The van der Waals surface area contributed by atoms with Gasteiger partial charge in [-0.2, -0.15) is 4.67 Å². The van der Waals surface area contributed by atoms with Gasteiger partial charge in [-0.1, -0.05) is 54.6 Å². The molecule has 0 aromatic heterocycles. The summed E-state index contributed by atoms with van der Waals surface area (Å²) in [5, 5.41) is 4.23. The molecule has 0 unspecified atom stereocenters. The van der Waals surface area contributed by atoms with Crippen LogP contribution in [0.25, 0.3) is 0 Å². The predicted octanol–water partition coefficient (Wildman–Crippen LogP) is 5.02. The zero-order valence-corrected chi connectivity index (χ0v) is 17.2. The van der Waals surface area contributed by atoms with Crippen LogP contribution in [0.2, 0.25) is 0 Å². The standard InChI is InChI=1S/C24H29NP/c1-5-25(24(2,3)4)26(21-15-9-6-10-16-21,22-17-11-7-12-18-22)23-19-13-8-14-20-23/h6-20H,5H2,1-4H3/q+1. The quantitative estimate of drug-likeness (QED) is 0.576. The van der Waals surface area contributed by atoms with Crippen LogP contribution in [-0.4, -0.2) is 16.8 Å². The predicted molar refractivity (Wildman–Crippen MR) is 117 cm³/mol. The monoisotopic (exact) mass is 362 g/mol. The Morgan fingerprint density at radius 1 is 0.615 bits per heavy atom. The minimum atomic E-state index is -1.95. The second-order valence-electron chi connectivity index (χ2n) is 7.53. The fourth-order valence-electron chi connectivity index (χ4n) is 3.93. The summed E-state index contributed by atoms with van der Waals surface area (Å²) >= 11 is 0. The second kappa shape index (κ2) is 7.74. The van der Waals surface area contributed by atoms with Crippen molar-refractivity contribution in [2.75, 3.05) is 6.54 Å². The van der Waals surface area contributed by atoms with Crippen LogP contribution in [0.3, 0.4) is 0 Å². The van der Waals surface area contributed by atoms with Gasteiger partial charge < -0.3 is 0 Å². The van der Waals surface area contributed by atoms with Gasteiger partial charge >= 0.3 is 0 Å². The van der Waals surface area contributed by atoms with Crippen molar-refractivity contribution in [1.82, 2.24) is 4.67 Å². The van der Waals surface area contributed by atoms with Crippen LogP contribution in [0.4, 0.5) is 0 Å². The first-order valence-corrected chi connectivity index (χ1v) is 11.1. The molecule has 0 bridgehead atoms. The van der Waals surface area contributed by atoms with Crippen LogP contribution in [0.1, 0.15) is 27.7 Å². The van der Waals surface area contributed by atoms with Crippen molar-refractivity contribution in [2.45, 2.75) is 33.2 Å². The number of hydrogen-bond donors (Lipinski definition) is 0. The zero-order chi connectivity index (χ0) is 18.6. The van der Waals surface area contributed by atoms with Crippen molar-refractivity contribution in [3.05, 3.63) is 91.0 Å². The Hall–Kier alpha value is -1.95. The molecule has 134 valence electrons. The summed E-state index contributed by atoms with van der Waals surface area (Å²) in [6.07, 6.45) is 0. The summed E-state index contributed by atoms with van der Waals surface area (Å²) in [4.78, 5) is 0. The summed E-state index contributed by atoms with van der Waals surface area (Å²) in [7, 11) is -1.95. The highest BCUT2D eigenvalue weighted by Crippen LogP contribution is 2.61. The van der Waals surface area contributed by atoms with Crippen LogP contribution in [-0.2, 0) is 0 Å². The Bertz CT molecular complexity index is 710. The molecule has 0 fully saturated rings. The summed E-state index contributed by atoms with van der Waals surface area (Å²) in [6, 6.07) is 33.2. The van der Waals surface area contributed by atoms with Crippen molar-refractivity contribution >= 4 is 23.3 Å². The fraction of sp³-hybridized carbons (Fsp3) is 0.250. The summed E-state index contributed by atoms with van der Waals surface area (Å²) < 4.78 is 2.72. The molecule has 3 rings (SSSR count). The van der Waals surface area contributed by atoms with Gasteiger partial charge in [-0.3, -0.25) is 0 Å². The Kier molecular flexibility index (Phi) is 5.61. The van der Waals surface area contributed by atoms with E-state index in [0.717, 1.165) is 6.54 Å². The van der Waals surface area contributed by atoms with Crippen LogP contribution in [0, 0.1) is 0 Å². The third-order valence-corrected chi connectivity index (χ3v) is 9.57. The maximum atomic E-state index is 2.72. The van der Waals surface area contributed by atoms with Crippen molar-refractivity contribution in [2.24, 2.45) is 0 Å². The van der Waals surface area contributed by atoms with Gasteiger partial charge in [0.05, 0.1) is 0 Å². The van der Waals surface area contributed by atoms with E-state index in [4.69, 9.17) is 0 Å². The maximum absolute atomic E-state index is 2.72. The largest absolute Gasteiger partial charge is 0.181 e. The molecule has 1 nitrogen and oxygen atoms in total. The van der Waals surface area contributed by atoms with E-state index in [2.05, 4.69) is 123 Å². The molecule has 0 spiro atoms. The summed E-state index contributed by atoms with van der Waals surface area (Å²) in [6.45, 7) is 10.3. The first-order valence-electron chi connectivity index (χ1n) is 9.35. The average Bonchev–Trinajstić information content (AvgIpc) is 2.67. The van der Waals surface area contributed by atoms with Gasteiger partial charge in [0.25, 0.3) is 0 Å². The van der Waals surface area contributed by atoms with E-state index < -0.39 is 7.41 Å². The van der Waals surface area contributed by atoms with E-state index in [1.165, 1.54) is 15.9 Å². The molecule has 0 saturated carbocycles. The van der Waals surface area contributed by atoms with Crippen LogP contribution in [0.15, 0.2) is 91.0 Å². The van der Waals surface area contributed by atoms with Crippen molar-refractivity contribution in [3.63, 3.8) is 0 Å². The van der Waals surface area contributed by atoms with Crippen LogP contribution in [0.5, 0.6) is 0 Å². The lowest BCUT2D eigenvalue weighted by atomic mass is 10.1. The van der Waals surface area contributed by atoms with Crippen molar-refractivity contribution < 1.29 is 0 Å². The third-order valence-electron chi connectivity index (χ3n) is 4.83. The molecule has 0 heterocycles. The SMILES string of the molecule is CCN(C(C)(C)C)[P+](c1ccccc1)(c1ccccc1)c1ccccc1. The molecule has 0 atom stereocenters. The first-order chi connectivity index (χ1) is 12.5. The summed E-state index contributed by atoms with van der Waals surface area (Å²) in [5.41, 5.74) is 0.0457. The molecule has 0 aliphatic rings. The Labute approximate surface area is 159 Å². The van der Waals surface area contributed by atoms with Gasteiger partial charge in [0.2, 0.25) is 0 Å². The van der Waals surface area contributed by atoms with Gasteiger partial charge in [0.1, 0.15) is 15.9 Å². The normalized spacial score (nSPS) is 12.3. The van der Waals surface area contributed by atoms with E-state index in [-0.39, 0.29) is 5.54 Å². The molecule has 0 radical (unpaired) electrons. The molecule has 2 heteroatoms. The maximum Gasteiger partial charge on any atom is 0.181 e. The van der Waals surface area contributed by atoms with Crippen LogP contribution < -0.4 is 15.9 Å². The fourth-order valence-corrected chi connectivity index (χ4v) is 8.80. The molecule has 0 saturated heterocycles. The minimum Gasteiger partial charge on any atom is -0.161 e. The molecule has 3 aromatic carbocycles. The topological polar surface area (TPSA) is 3.24 Å². The average molecular weight is 362 g/mol. The lowest BCUT2D eigenvalue weighted by Gasteiger charge is -2.43. The molecule has 0 aliphatic heterocycles. The molecule has 0 amide bonds. The van der Waals surface area contributed by atoms with Crippen molar-refractivity contribution in [3.8, 4) is 0 Å². The lowest BCUT2D eigenvalue weighted by molar-refractivity contribution is 0.275. The number of benzene rings is 3. The van der Waals surface area contributed by atoms with Gasteiger partial charge in [-0.05, 0) is 64.1 Å². The highest BCUT2D eigenvalue weighted by molar-refractivity contribution is 7.93. The third kappa shape index (κ3) is 3.34. The van der Waals surface area contributed by atoms with E-state index >= 15 is 0 Å². The molecule has 26 heavy (non-hydrogen) atoms. The number of hydrogen-bond acceptors (Lipinski definition) is 1. The van der Waals surface area contributed by atoms with E-state index in [9.17, 15) is 0 Å². The Morgan fingerprint density at radius 2 is 0.923 bits per heavy atom. The molecule has 0 N–H and O–H groups in total. The molecular formula is C24H29NP+. The van der Waals surface area contributed by atoms with Gasteiger partial charge in [-0.25, -0.2) is 0 Å². The van der Waals surface area contributed by atoms with Crippen LogP contribution >= 0.6 is 7.41 Å². The van der Waals surface area contributed by atoms with Crippen molar-refractivity contribution in [1.29, 1.82) is 0 Å². The highest BCUT2D eigenvalue weighted by Gasteiger charge is 2.54. The first kappa shape index (κ1) is 18.8. The lowest BCUT2D eigenvalue weighted by Crippen LogP contribution is -2.51. The molecular weight excluding hydrogens is 333 g/mol. The van der Waals surface area contributed by atoms with Gasteiger partial charge in [-0.15, -0.1) is 0 Å². The smallest absolute Gasteiger partial charge is 0.161 e. The summed E-state index contributed by atoms with van der Waals surface area (Å²) in [5.74, 6) is 0. The van der Waals surface area contributed by atoms with Gasteiger partial charge in [0.15, 0.2) is 7.41 Å². The van der Waals surface area contributed by atoms with E-state index in [1.54, 1.807) is 0 Å². The molecule has 3 aromatic rings. The second-order valence-corrected chi connectivity index (χ2v) is 10.8. The van der Waals surface area contributed by atoms with E-state index in [1.807, 2.05) is 0 Å². The minimum absolute atomic E-state index is 0.0457. The Morgan fingerprint density at radius 3 is 1.15 bits per heavy atom.